The van der Waals surface area contributed by atoms with Crippen molar-refractivity contribution in [3.63, 3.8) is 0 Å². The highest BCUT2D eigenvalue weighted by Gasteiger charge is 2.30. The molecule has 0 bridgehead atoms. The fourth-order valence-electron chi connectivity index (χ4n) is 2.95. The monoisotopic (exact) mass is 394 g/mol. The Morgan fingerprint density at radius 2 is 1.89 bits per heavy atom. The van der Waals surface area contributed by atoms with Crippen molar-refractivity contribution in [2.45, 2.75) is 32.8 Å². The summed E-state index contributed by atoms with van der Waals surface area (Å²) in [5.41, 5.74) is 2.41. The summed E-state index contributed by atoms with van der Waals surface area (Å²) in [4.78, 5) is 12.9. The second-order valence-electron chi connectivity index (χ2n) is 7.36. The molecule has 0 aliphatic carbocycles. The van der Waals surface area contributed by atoms with Gasteiger partial charge in [-0.15, -0.1) is 0 Å². The van der Waals surface area contributed by atoms with E-state index in [0.29, 0.717) is 17.2 Å². The van der Waals surface area contributed by atoms with E-state index in [0.717, 1.165) is 11.1 Å². The zero-order valence-corrected chi connectivity index (χ0v) is 17.0. The lowest BCUT2D eigenvalue weighted by Crippen LogP contribution is -2.32. The lowest BCUT2D eigenvalue weighted by Gasteiger charge is -2.32. The number of phenols is 1. The van der Waals surface area contributed by atoms with Crippen LogP contribution in [0.4, 0.5) is 0 Å². The highest BCUT2D eigenvalue weighted by atomic mass is 35.5. The maximum Gasteiger partial charge on any atom is 0.193 e. The van der Waals surface area contributed by atoms with Crippen LogP contribution in [0.5, 0.6) is 11.5 Å². The minimum Gasteiger partial charge on any atom is -0.507 e. The lowest BCUT2D eigenvalue weighted by molar-refractivity contribution is 0.102. The molecule has 1 aliphatic heterocycles. The van der Waals surface area contributed by atoms with E-state index in [1.54, 1.807) is 24.3 Å². The molecule has 1 heterocycles. The summed E-state index contributed by atoms with van der Waals surface area (Å²) in [5.74, 6) is 0.00597. The number of carbonyl (C=O) groups excluding carboxylic acids is 1. The summed E-state index contributed by atoms with van der Waals surface area (Å²) in [6.07, 6.45) is 9.84. The zero-order valence-electron chi connectivity index (χ0n) is 16.2. The number of benzene rings is 2. The van der Waals surface area contributed by atoms with Crippen LogP contribution < -0.4 is 4.74 Å². The van der Waals surface area contributed by atoms with E-state index < -0.39 is 5.60 Å². The van der Waals surface area contributed by atoms with Gasteiger partial charge in [-0.25, -0.2) is 0 Å². The Bertz CT molecular complexity index is 980. The average molecular weight is 395 g/mol. The molecule has 3 rings (SSSR count). The van der Waals surface area contributed by atoms with Gasteiger partial charge in [-0.3, -0.25) is 4.79 Å². The van der Waals surface area contributed by atoms with Crippen LogP contribution in [0.1, 0.15) is 48.7 Å². The molecule has 2 aromatic carbocycles. The molecule has 0 radical (unpaired) electrons. The van der Waals surface area contributed by atoms with Crippen LogP contribution in [-0.4, -0.2) is 16.5 Å². The van der Waals surface area contributed by atoms with E-state index in [1.807, 2.05) is 45.1 Å². The molecule has 0 saturated carbocycles. The van der Waals surface area contributed by atoms with E-state index in [-0.39, 0.29) is 17.1 Å². The van der Waals surface area contributed by atoms with Crippen molar-refractivity contribution in [3.05, 3.63) is 81.9 Å². The molecule has 1 aliphatic rings. The van der Waals surface area contributed by atoms with Crippen LogP contribution in [0, 0.1) is 0 Å². The van der Waals surface area contributed by atoms with Crippen LogP contribution in [0.2, 0.25) is 5.02 Å². The maximum atomic E-state index is 12.9. The van der Waals surface area contributed by atoms with E-state index in [4.69, 9.17) is 16.3 Å². The van der Waals surface area contributed by atoms with Crippen molar-refractivity contribution in [2.24, 2.45) is 0 Å². The van der Waals surface area contributed by atoms with Crippen LogP contribution in [0.3, 0.4) is 0 Å². The largest absolute Gasteiger partial charge is 0.507 e. The van der Waals surface area contributed by atoms with Crippen LogP contribution in [0.15, 0.2) is 60.2 Å². The van der Waals surface area contributed by atoms with Gasteiger partial charge in [0.1, 0.15) is 22.7 Å². The van der Waals surface area contributed by atoms with Crippen molar-refractivity contribution < 1.29 is 14.6 Å². The Balaban J connectivity index is 1.93. The number of ether oxygens (including phenoxy) is 1. The van der Waals surface area contributed by atoms with Crippen molar-refractivity contribution in [2.75, 3.05) is 0 Å². The molecular weight excluding hydrogens is 372 g/mol. The minimum atomic E-state index is -0.576. The summed E-state index contributed by atoms with van der Waals surface area (Å²) < 4.78 is 6.21. The predicted octanol–water partition coefficient (Wildman–Crippen LogP) is 6.46. The van der Waals surface area contributed by atoms with Crippen molar-refractivity contribution in [3.8, 4) is 11.5 Å². The number of aromatic hydroxyl groups is 1. The van der Waals surface area contributed by atoms with Gasteiger partial charge in [0.15, 0.2) is 5.78 Å². The van der Waals surface area contributed by atoms with Crippen LogP contribution in [-0.2, 0) is 0 Å². The molecule has 4 heteroatoms. The van der Waals surface area contributed by atoms with E-state index in [1.165, 1.54) is 17.7 Å². The molecule has 3 nitrogen and oxygen atoms in total. The van der Waals surface area contributed by atoms with E-state index >= 15 is 0 Å². The molecule has 144 valence electrons. The van der Waals surface area contributed by atoms with E-state index in [2.05, 4.69) is 6.08 Å². The van der Waals surface area contributed by atoms with Gasteiger partial charge in [0.25, 0.3) is 0 Å². The molecule has 1 unspecified atom stereocenters. The van der Waals surface area contributed by atoms with Gasteiger partial charge in [0.2, 0.25) is 0 Å². The normalized spacial score (nSPS) is 17.9. The van der Waals surface area contributed by atoms with Crippen LogP contribution in [0.25, 0.3) is 12.2 Å². The molecule has 1 atom stereocenters. The second-order valence-corrected chi connectivity index (χ2v) is 7.80. The Hall–Kier alpha value is -2.78. The van der Waals surface area contributed by atoms with Gasteiger partial charge >= 0.3 is 0 Å². The van der Waals surface area contributed by atoms with Crippen LogP contribution >= 0.6 is 11.6 Å². The van der Waals surface area contributed by atoms with Gasteiger partial charge in [0, 0.05) is 17.0 Å². The van der Waals surface area contributed by atoms with Gasteiger partial charge in [0.05, 0.1) is 0 Å². The number of hydrogen-bond donors (Lipinski definition) is 1. The van der Waals surface area contributed by atoms with Crippen molar-refractivity contribution in [1.29, 1.82) is 0 Å². The number of ketones is 1. The highest BCUT2D eigenvalue weighted by Crippen LogP contribution is 2.40. The number of allylic oxidation sites excluding steroid dienone is 2. The molecule has 0 saturated heterocycles. The van der Waals surface area contributed by atoms with E-state index in [9.17, 15) is 9.90 Å². The molecule has 0 aromatic heterocycles. The molecule has 28 heavy (non-hydrogen) atoms. The molecule has 1 N–H and O–H groups in total. The summed E-state index contributed by atoms with van der Waals surface area (Å²) in [6, 6.07) is 10.4. The molecule has 0 spiro atoms. The first-order valence-corrected chi connectivity index (χ1v) is 9.51. The zero-order chi connectivity index (χ0) is 20.3. The number of halogens is 1. The fourth-order valence-corrected chi connectivity index (χ4v) is 3.07. The Morgan fingerprint density at radius 3 is 2.57 bits per heavy atom. The van der Waals surface area contributed by atoms with Gasteiger partial charge in [-0.05, 0) is 62.8 Å². The second kappa shape index (κ2) is 8.07. The Kier molecular flexibility index (Phi) is 5.76. The number of rotatable bonds is 5. The van der Waals surface area contributed by atoms with Gasteiger partial charge in [-0.2, -0.15) is 0 Å². The highest BCUT2D eigenvalue weighted by molar-refractivity contribution is 6.30. The number of phenolic OH excluding ortho intramolecular Hbond substituents is 1. The summed E-state index contributed by atoms with van der Waals surface area (Å²) in [6.45, 7) is 6.03. The summed E-state index contributed by atoms with van der Waals surface area (Å²) >= 11 is 5.89. The van der Waals surface area contributed by atoms with Gasteiger partial charge < -0.3 is 9.84 Å². The maximum absolute atomic E-state index is 12.9. The van der Waals surface area contributed by atoms with Gasteiger partial charge in [-0.1, -0.05) is 47.5 Å². The predicted molar refractivity (Wildman–Crippen MR) is 115 cm³/mol. The first kappa shape index (κ1) is 20.0. The Labute approximate surface area is 170 Å². The first-order valence-electron chi connectivity index (χ1n) is 9.13. The van der Waals surface area contributed by atoms with Crippen molar-refractivity contribution in [1.82, 2.24) is 0 Å². The topological polar surface area (TPSA) is 46.5 Å². The average Bonchev–Trinajstić information content (AvgIpc) is 2.65. The summed E-state index contributed by atoms with van der Waals surface area (Å²) in [5, 5.41) is 11.0. The number of carbonyl (C=O) groups is 1. The number of hydrogen-bond acceptors (Lipinski definition) is 3. The third kappa shape index (κ3) is 4.55. The summed E-state index contributed by atoms with van der Waals surface area (Å²) in [7, 11) is 0. The molecule has 0 amide bonds. The quantitative estimate of drug-likeness (QED) is 0.359. The molecule has 0 fully saturated rings. The SMILES string of the molecule is CC(C)=CCC1(C)C=Cc2ccc(O)c(C(=O)/C=C/c3ccc(Cl)cc3)c2O1. The van der Waals surface area contributed by atoms with Crippen molar-refractivity contribution >= 4 is 29.5 Å². The molecular formula is C24H23ClO3. The standard InChI is InChI=1S/C24H23ClO3/c1-16(2)12-14-24(3)15-13-18-7-11-21(27)22(23(18)28-24)20(26)10-6-17-4-8-19(25)9-5-17/h4-13,15,27H,14H2,1-3H3/b10-6+. The minimum absolute atomic E-state index is 0.0932. The molecule has 2 aromatic rings. The lowest BCUT2D eigenvalue weighted by atomic mass is 9.93. The first-order chi connectivity index (χ1) is 13.3. The third-order valence-corrected chi connectivity index (χ3v) is 4.83. The third-order valence-electron chi connectivity index (χ3n) is 4.58. The smallest absolute Gasteiger partial charge is 0.193 e. The Morgan fingerprint density at radius 1 is 1.18 bits per heavy atom. The number of fused-ring (bicyclic) bond motifs is 1. The fraction of sp³-hybridized carbons (Fsp3) is 0.208.